The lowest BCUT2D eigenvalue weighted by Crippen LogP contribution is -2.27. The Labute approximate surface area is 131 Å². The van der Waals surface area contributed by atoms with Crippen molar-refractivity contribution in [2.45, 2.75) is 20.8 Å². The fourth-order valence-corrected chi connectivity index (χ4v) is 1.80. The number of hydrogen-bond donors (Lipinski definition) is 2. The van der Waals surface area contributed by atoms with Gasteiger partial charge in [0, 0.05) is 22.5 Å². The largest absolute Gasteiger partial charge is 0.497 e. The zero-order valence-electron chi connectivity index (χ0n) is 13.4. The molecule has 2 aromatic carbocycles. The highest BCUT2D eigenvalue weighted by Crippen LogP contribution is 2.22. The van der Waals surface area contributed by atoms with Gasteiger partial charge >= 0.3 is 0 Å². The molecule has 4 nitrogen and oxygen atoms in total. The topological polar surface area (TPSA) is 50.4 Å². The molecular formula is C18H22N2O2. The predicted octanol–water partition coefficient (Wildman–Crippen LogP) is 4.42. The summed E-state index contributed by atoms with van der Waals surface area (Å²) in [6.07, 6.45) is 0. The fourth-order valence-electron chi connectivity index (χ4n) is 1.80. The van der Waals surface area contributed by atoms with Gasteiger partial charge in [0.2, 0.25) is 5.91 Å². The van der Waals surface area contributed by atoms with Gasteiger partial charge in [-0.15, -0.1) is 0 Å². The number of anilines is 3. The number of ether oxygens (including phenoxy) is 1. The van der Waals surface area contributed by atoms with Gasteiger partial charge in [0.1, 0.15) is 5.75 Å². The second-order valence-corrected chi connectivity index (χ2v) is 6.13. The molecule has 0 fully saturated rings. The maximum atomic E-state index is 11.9. The van der Waals surface area contributed by atoms with Crippen molar-refractivity contribution >= 4 is 23.0 Å². The first-order valence-electron chi connectivity index (χ1n) is 7.21. The number of carbonyl (C=O) groups is 1. The Morgan fingerprint density at radius 2 is 1.32 bits per heavy atom. The van der Waals surface area contributed by atoms with Crippen LogP contribution in [0.15, 0.2) is 48.5 Å². The molecule has 0 radical (unpaired) electrons. The Kier molecular flexibility index (Phi) is 4.71. The molecule has 22 heavy (non-hydrogen) atoms. The highest BCUT2D eigenvalue weighted by Gasteiger charge is 2.20. The van der Waals surface area contributed by atoms with Crippen LogP contribution in [0.25, 0.3) is 0 Å². The van der Waals surface area contributed by atoms with Crippen molar-refractivity contribution in [1.29, 1.82) is 0 Å². The zero-order chi connectivity index (χ0) is 16.2. The van der Waals surface area contributed by atoms with Crippen molar-refractivity contribution in [3.63, 3.8) is 0 Å². The molecule has 0 aromatic heterocycles. The highest BCUT2D eigenvalue weighted by atomic mass is 16.5. The Morgan fingerprint density at radius 1 is 0.864 bits per heavy atom. The molecule has 2 aromatic rings. The summed E-state index contributed by atoms with van der Waals surface area (Å²) in [6, 6.07) is 15.3. The van der Waals surface area contributed by atoms with Crippen LogP contribution >= 0.6 is 0 Å². The van der Waals surface area contributed by atoms with Crippen LogP contribution < -0.4 is 15.4 Å². The van der Waals surface area contributed by atoms with Gasteiger partial charge < -0.3 is 15.4 Å². The van der Waals surface area contributed by atoms with Gasteiger partial charge in [0.05, 0.1) is 7.11 Å². The first-order valence-corrected chi connectivity index (χ1v) is 7.21. The molecule has 2 rings (SSSR count). The second kappa shape index (κ2) is 6.52. The maximum absolute atomic E-state index is 11.9. The molecule has 4 heteroatoms. The molecule has 0 heterocycles. The minimum absolute atomic E-state index is 0.00311. The van der Waals surface area contributed by atoms with Crippen molar-refractivity contribution in [1.82, 2.24) is 0 Å². The summed E-state index contributed by atoms with van der Waals surface area (Å²) >= 11 is 0. The maximum Gasteiger partial charge on any atom is 0.229 e. The zero-order valence-corrected chi connectivity index (χ0v) is 13.4. The lowest BCUT2D eigenvalue weighted by molar-refractivity contribution is -0.123. The lowest BCUT2D eigenvalue weighted by atomic mass is 9.95. The fraction of sp³-hybridized carbons (Fsp3) is 0.278. The van der Waals surface area contributed by atoms with E-state index in [0.29, 0.717) is 0 Å². The molecule has 116 valence electrons. The van der Waals surface area contributed by atoms with E-state index >= 15 is 0 Å². The molecule has 0 spiro atoms. The van der Waals surface area contributed by atoms with Crippen molar-refractivity contribution in [2.75, 3.05) is 17.7 Å². The number of rotatable bonds is 4. The van der Waals surface area contributed by atoms with Crippen LogP contribution in [-0.2, 0) is 4.79 Å². The molecule has 0 aliphatic heterocycles. The molecule has 0 saturated carbocycles. The first kappa shape index (κ1) is 15.9. The number of hydrogen-bond acceptors (Lipinski definition) is 3. The minimum atomic E-state index is -0.403. The standard InChI is InChI=1S/C18H22N2O2/c1-18(2,3)17(21)20-15-7-5-13(6-8-15)19-14-9-11-16(22-4)12-10-14/h5-12,19H,1-4H3,(H,20,21). The van der Waals surface area contributed by atoms with E-state index in [0.717, 1.165) is 22.8 Å². The third-order valence-electron chi connectivity index (χ3n) is 3.20. The number of amides is 1. The van der Waals surface area contributed by atoms with Gasteiger partial charge in [-0.05, 0) is 48.5 Å². The minimum Gasteiger partial charge on any atom is -0.497 e. The Hall–Kier alpha value is -2.49. The number of carbonyl (C=O) groups excluding carboxylic acids is 1. The van der Waals surface area contributed by atoms with Crippen LogP contribution in [0, 0.1) is 5.41 Å². The SMILES string of the molecule is COc1ccc(Nc2ccc(NC(=O)C(C)(C)C)cc2)cc1. The summed E-state index contributed by atoms with van der Waals surface area (Å²) < 4.78 is 5.13. The molecule has 0 bridgehead atoms. The van der Waals surface area contributed by atoms with E-state index in [-0.39, 0.29) is 5.91 Å². The second-order valence-electron chi connectivity index (χ2n) is 6.13. The lowest BCUT2D eigenvalue weighted by Gasteiger charge is -2.17. The molecule has 0 aliphatic rings. The van der Waals surface area contributed by atoms with Gasteiger partial charge in [-0.2, -0.15) is 0 Å². The van der Waals surface area contributed by atoms with Gasteiger partial charge in [0.15, 0.2) is 0 Å². The van der Waals surface area contributed by atoms with E-state index in [1.807, 2.05) is 69.3 Å². The Morgan fingerprint density at radius 3 is 1.77 bits per heavy atom. The summed E-state index contributed by atoms with van der Waals surface area (Å²) in [6.45, 7) is 5.67. The summed E-state index contributed by atoms with van der Waals surface area (Å²) in [5.41, 5.74) is 2.33. The third-order valence-corrected chi connectivity index (χ3v) is 3.20. The molecule has 0 atom stereocenters. The Balaban J connectivity index is 2.01. The smallest absolute Gasteiger partial charge is 0.229 e. The van der Waals surface area contributed by atoms with Crippen LogP contribution in [0.2, 0.25) is 0 Å². The van der Waals surface area contributed by atoms with E-state index in [4.69, 9.17) is 4.74 Å². The number of methoxy groups -OCH3 is 1. The summed E-state index contributed by atoms with van der Waals surface area (Å²) in [7, 11) is 1.65. The third kappa shape index (κ3) is 4.25. The molecule has 1 amide bonds. The van der Waals surface area contributed by atoms with E-state index in [9.17, 15) is 4.79 Å². The number of nitrogens with one attached hydrogen (secondary N) is 2. The van der Waals surface area contributed by atoms with Crippen LogP contribution in [-0.4, -0.2) is 13.0 Å². The van der Waals surface area contributed by atoms with Crippen LogP contribution in [0.3, 0.4) is 0 Å². The molecular weight excluding hydrogens is 276 g/mol. The van der Waals surface area contributed by atoms with Crippen LogP contribution in [0.5, 0.6) is 5.75 Å². The van der Waals surface area contributed by atoms with E-state index < -0.39 is 5.41 Å². The van der Waals surface area contributed by atoms with Crippen molar-refractivity contribution in [3.05, 3.63) is 48.5 Å². The van der Waals surface area contributed by atoms with Crippen LogP contribution in [0.1, 0.15) is 20.8 Å². The van der Waals surface area contributed by atoms with Crippen molar-refractivity contribution < 1.29 is 9.53 Å². The van der Waals surface area contributed by atoms with Crippen molar-refractivity contribution in [2.24, 2.45) is 5.41 Å². The molecule has 0 unspecified atom stereocenters. The first-order chi connectivity index (χ1) is 10.4. The van der Waals surface area contributed by atoms with Gasteiger partial charge in [0.25, 0.3) is 0 Å². The van der Waals surface area contributed by atoms with Crippen molar-refractivity contribution in [3.8, 4) is 5.75 Å². The molecule has 0 aliphatic carbocycles. The number of benzene rings is 2. The summed E-state index contributed by atoms with van der Waals surface area (Å²) in [4.78, 5) is 11.9. The normalized spacial score (nSPS) is 10.9. The average Bonchev–Trinajstić information content (AvgIpc) is 2.49. The quantitative estimate of drug-likeness (QED) is 0.878. The Bertz CT molecular complexity index is 626. The predicted molar refractivity (Wildman–Crippen MR) is 90.8 cm³/mol. The molecule has 0 saturated heterocycles. The van der Waals surface area contributed by atoms with Gasteiger partial charge in [-0.3, -0.25) is 4.79 Å². The highest BCUT2D eigenvalue weighted by molar-refractivity contribution is 5.94. The summed E-state index contributed by atoms with van der Waals surface area (Å²) in [5.74, 6) is 0.828. The van der Waals surface area contributed by atoms with E-state index in [2.05, 4.69) is 10.6 Å². The van der Waals surface area contributed by atoms with Gasteiger partial charge in [-0.25, -0.2) is 0 Å². The molecule has 2 N–H and O–H groups in total. The van der Waals surface area contributed by atoms with Gasteiger partial charge in [-0.1, -0.05) is 20.8 Å². The van der Waals surface area contributed by atoms with E-state index in [1.165, 1.54) is 0 Å². The summed E-state index contributed by atoms with van der Waals surface area (Å²) in [5, 5.41) is 6.20. The average molecular weight is 298 g/mol. The monoisotopic (exact) mass is 298 g/mol. The van der Waals surface area contributed by atoms with Crippen LogP contribution in [0.4, 0.5) is 17.1 Å². The van der Waals surface area contributed by atoms with E-state index in [1.54, 1.807) is 7.11 Å².